The zero-order valence-corrected chi connectivity index (χ0v) is 37.7. The highest BCUT2D eigenvalue weighted by Crippen LogP contribution is 2.46. The van der Waals surface area contributed by atoms with Gasteiger partial charge in [0.05, 0.1) is 50.2 Å². The minimum Gasteiger partial charge on any atom is -0.309 e. The van der Waals surface area contributed by atoms with Crippen molar-refractivity contribution in [2.24, 2.45) is 0 Å². The minimum absolute atomic E-state index is 1.13. The van der Waals surface area contributed by atoms with E-state index in [4.69, 9.17) is 0 Å². The molecular weight excluding hydrogens is 835 g/mol. The van der Waals surface area contributed by atoms with Crippen LogP contribution in [0.15, 0.2) is 261 Å². The SMILES string of the molecule is c1ccc(-c2ccc(-n3c4ccccc4c4ccc(-c5ccccc5-n5c6ccccc6c6c5ccc5c7ccccc7n(-c7ccccc7-c7ccccc7)c56)cc43)c(-c3ccccc3)c2)cc1. The molecule has 3 aromatic heterocycles. The summed E-state index contributed by atoms with van der Waals surface area (Å²) >= 11 is 0. The van der Waals surface area contributed by atoms with E-state index in [1.54, 1.807) is 0 Å². The Balaban J connectivity index is 1.02. The molecule has 322 valence electrons. The fraction of sp³-hybridized carbons (Fsp3) is 0. The highest BCUT2D eigenvalue weighted by atomic mass is 15.0. The van der Waals surface area contributed by atoms with E-state index in [1.807, 2.05) is 0 Å². The highest BCUT2D eigenvalue weighted by molar-refractivity contribution is 6.26. The van der Waals surface area contributed by atoms with Gasteiger partial charge in [-0.15, -0.1) is 0 Å². The molecule has 0 fully saturated rings. The van der Waals surface area contributed by atoms with Crippen molar-refractivity contribution in [2.45, 2.75) is 0 Å². The molecule has 14 aromatic rings. The van der Waals surface area contributed by atoms with Gasteiger partial charge in [0.1, 0.15) is 0 Å². The van der Waals surface area contributed by atoms with Crippen LogP contribution in [0.3, 0.4) is 0 Å². The fourth-order valence-electron chi connectivity index (χ4n) is 11.2. The third-order valence-corrected chi connectivity index (χ3v) is 14.3. The molecule has 0 bridgehead atoms. The Morgan fingerprint density at radius 3 is 1.32 bits per heavy atom. The molecule has 0 aliphatic heterocycles. The molecule has 0 saturated carbocycles. The molecule has 0 amide bonds. The summed E-state index contributed by atoms with van der Waals surface area (Å²) in [4.78, 5) is 0. The molecule has 0 aliphatic carbocycles. The van der Waals surface area contributed by atoms with E-state index in [9.17, 15) is 0 Å². The summed E-state index contributed by atoms with van der Waals surface area (Å²) in [6, 6.07) is 95.5. The molecule has 3 nitrogen and oxygen atoms in total. The van der Waals surface area contributed by atoms with E-state index in [1.165, 1.54) is 98.8 Å². The van der Waals surface area contributed by atoms with Crippen LogP contribution in [-0.2, 0) is 0 Å². The van der Waals surface area contributed by atoms with Crippen LogP contribution in [0.1, 0.15) is 0 Å². The predicted molar refractivity (Wildman–Crippen MR) is 291 cm³/mol. The summed E-state index contributed by atoms with van der Waals surface area (Å²) in [6.07, 6.45) is 0. The number of hydrogen-bond donors (Lipinski definition) is 0. The molecule has 0 aliphatic rings. The molecule has 14 rings (SSSR count). The second-order valence-corrected chi connectivity index (χ2v) is 18.0. The van der Waals surface area contributed by atoms with Crippen molar-refractivity contribution in [3.8, 4) is 61.6 Å². The van der Waals surface area contributed by atoms with E-state index >= 15 is 0 Å². The summed E-state index contributed by atoms with van der Waals surface area (Å²) in [6.45, 7) is 0. The van der Waals surface area contributed by atoms with Crippen LogP contribution in [0, 0.1) is 0 Å². The van der Waals surface area contributed by atoms with Gasteiger partial charge >= 0.3 is 0 Å². The Morgan fingerprint density at radius 2 is 0.638 bits per heavy atom. The lowest BCUT2D eigenvalue weighted by Gasteiger charge is -2.17. The number of nitrogens with zero attached hydrogens (tertiary/aromatic N) is 3. The second kappa shape index (κ2) is 15.7. The molecule has 3 heteroatoms. The monoisotopic (exact) mass is 877 g/mol. The van der Waals surface area contributed by atoms with Crippen LogP contribution in [0.4, 0.5) is 0 Å². The van der Waals surface area contributed by atoms with Crippen molar-refractivity contribution >= 4 is 65.4 Å². The molecular formula is C66H43N3. The molecule has 69 heavy (non-hydrogen) atoms. The molecule has 0 saturated heterocycles. The Labute approximate surface area is 399 Å². The van der Waals surface area contributed by atoms with Gasteiger partial charge in [0.15, 0.2) is 0 Å². The van der Waals surface area contributed by atoms with Crippen LogP contribution in [0.2, 0.25) is 0 Å². The van der Waals surface area contributed by atoms with Crippen molar-refractivity contribution in [2.75, 3.05) is 0 Å². The summed E-state index contributed by atoms with van der Waals surface area (Å²) in [5.74, 6) is 0. The highest BCUT2D eigenvalue weighted by Gasteiger charge is 2.24. The lowest BCUT2D eigenvalue weighted by Crippen LogP contribution is -1.99. The summed E-state index contributed by atoms with van der Waals surface area (Å²) in [7, 11) is 0. The minimum atomic E-state index is 1.13. The van der Waals surface area contributed by atoms with Crippen LogP contribution >= 0.6 is 0 Å². The first-order chi connectivity index (χ1) is 34.3. The quantitative estimate of drug-likeness (QED) is 0.152. The molecule has 3 heterocycles. The maximum absolute atomic E-state index is 2.51. The van der Waals surface area contributed by atoms with Crippen LogP contribution in [0.25, 0.3) is 127 Å². The Hall–Kier alpha value is -9.18. The number of fused-ring (bicyclic) bond motifs is 10. The first-order valence-electron chi connectivity index (χ1n) is 23.8. The molecule has 0 N–H and O–H groups in total. The number of benzene rings is 11. The van der Waals surface area contributed by atoms with Crippen molar-refractivity contribution < 1.29 is 0 Å². The predicted octanol–water partition coefficient (Wildman–Crippen LogP) is 17.6. The summed E-state index contributed by atoms with van der Waals surface area (Å²) in [5.41, 5.74) is 20.0. The lowest BCUT2D eigenvalue weighted by atomic mass is 9.97. The van der Waals surface area contributed by atoms with Gasteiger partial charge in [0.2, 0.25) is 0 Å². The van der Waals surface area contributed by atoms with E-state index in [0.717, 1.165) is 28.2 Å². The largest absolute Gasteiger partial charge is 0.309 e. The van der Waals surface area contributed by atoms with E-state index in [2.05, 4.69) is 275 Å². The van der Waals surface area contributed by atoms with Crippen molar-refractivity contribution in [3.05, 3.63) is 261 Å². The third kappa shape index (κ3) is 6.07. The molecule has 0 atom stereocenters. The standard InChI is InChI=1S/C66H43N3/c1-4-20-44(21-5-1)47-37-40-62(56(42-47)46-24-8-3-9-25-46)68-59-33-17-12-28-51(59)53-38-36-48(43-64(53)68)50-27-11-15-31-57(50)67-61-35-19-14-30-55(61)65-63(67)41-39-54-52-29-13-18-34-60(52)69(66(54)65)58-32-16-10-26-49(58)45-22-6-2-7-23-45/h1-43H. The first kappa shape index (κ1) is 39.0. The molecule has 0 radical (unpaired) electrons. The van der Waals surface area contributed by atoms with Crippen molar-refractivity contribution in [3.63, 3.8) is 0 Å². The lowest BCUT2D eigenvalue weighted by molar-refractivity contribution is 1.17. The van der Waals surface area contributed by atoms with Gasteiger partial charge < -0.3 is 13.7 Å². The van der Waals surface area contributed by atoms with Crippen molar-refractivity contribution in [1.29, 1.82) is 0 Å². The van der Waals surface area contributed by atoms with Gasteiger partial charge in [-0.25, -0.2) is 0 Å². The van der Waals surface area contributed by atoms with Gasteiger partial charge in [0.25, 0.3) is 0 Å². The number of rotatable bonds is 7. The maximum atomic E-state index is 2.51. The van der Waals surface area contributed by atoms with Crippen LogP contribution in [0.5, 0.6) is 0 Å². The zero-order chi connectivity index (χ0) is 45.4. The topological polar surface area (TPSA) is 14.8 Å². The Morgan fingerprint density at radius 1 is 0.203 bits per heavy atom. The van der Waals surface area contributed by atoms with Crippen LogP contribution in [-0.4, -0.2) is 13.7 Å². The van der Waals surface area contributed by atoms with E-state index < -0.39 is 0 Å². The maximum Gasteiger partial charge on any atom is 0.0641 e. The first-order valence-corrected chi connectivity index (χ1v) is 23.8. The normalized spacial score (nSPS) is 11.8. The third-order valence-electron chi connectivity index (χ3n) is 14.3. The molecule has 11 aromatic carbocycles. The fourth-order valence-corrected chi connectivity index (χ4v) is 11.2. The molecule has 0 spiro atoms. The smallest absolute Gasteiger partial charge is 0.0641 e. The number of para-hydroxylation sites is 5. The van der Waals surface area contributed by atoms with Gasteiger partial charge in [-0.1, -0.05) is 206 Å². The van der Waals surface area contributed by atoms with Gasteiger partial charge in [-0.05, 0) is 82.4 Å². The average Bonchev–Trinajstić information content (AvgIpc) is 4.07. The number of aromatic nitrogens is 3. The van der Waals surface area contributed by atoms with Gasteiger partial charge in [-0.2, -0.15) is 0 Å². The van der Waals surface area contributed by atoms with E-state index in [0.29, 0.717) is 0 Å². The summed E-state index contributed by atoms with van der Waals surface area (Å²) < 4.78 is 7.50. The summed E-state index contributed by atoms with van der Waals surface area (Å²) in [5, 5.41) is 7.39. The Bertz CT molecular complexity index is 4290. The Kier molecular flexibility index (Phi) is 8.90. The van der Waals surface area contributed by atoms with Gasteiger partial charge in [-0.3, -0.25) is 0 Å². The van der Waals surface area contributed by atoms with Crippen molar-refractivity contribution in [1.82, 2.24) is 13.7 Å². The van der Waals surface area contributed by atoms with Gasteiger partial charge in [0, 0.05) is 49.0 Å². The zero-order valence-electron chi connectivity index (χ0n) is 37.7. The number of hydrogen-bond acceptors (Lipinski definition) is 0. The second-order valence-electron chi connectivity index (χ2n) is 18.0. The average molecular weight is 878 g/mol. The van der Waals surface area contributed by atoms with E-state index in [-0.39, 0.29) is 0 Å². The molecule has 0 unspecified atom stereocenters. The van der Waals surface area contributed by atoms with Crippen LogP contribution < -0.4 is 0 Å².